The normalized spacial score (nSPS) is 14.2. The lowest BCUT2D eigenvalue weighted by molar-refractivity contribution is 0.102. The highest BCUT2D eigenvalue weighted by Crippen LogP contribution is 2.29. The second-order valence-electron chi connectivity index (χ2n) is 8.76. The Labute approximate surface area is 222 Å². The number of carbonyl (C=O) groups is 1. The minimum absolute atomic E-state index is 0.00411. The second kappa shape index (κ2) is 11.0. The van der Waals surface area contributed by atoms with Gasteiger partial charge >= 0.3 is 0 Å². The molecule has 4 rings (SSSR count). The standard InChI is InChI=1S/C26H29N3O7S2/c1-18-6-12-25(36-3)23(16-18)28-37(31,32)20-9-7-19(8-10-20)27-26(30)22-17-21(11-13-24(22)35-2)38(33,34)29-14-4-5-15-29/h6-13,16-17,28H,4-5,14-15H2,1-3H3,(H,27,30). The summed E-state index contributed by atoms with van der Waals surface area (Å²) >= 11 is 0. The summed E-state index contributed by atoms with van der Waals surface area (Å²) in [7, 11) is -4.83. The zero-order chi connectivity index (χ0) is 27.5. The van der Waals surface area contributed by atoms with E-state index in [0.717, 1.165) is 18.4 Å². The van der Waals surface area contributed by atoms with Crippen molar-refractivity contribution in [3.63, 3.8) is 0 Å². The van der Waals surface area contributed by atoms with Crippen LogP contribution < -0.4 is 19.5 Å². The third-order valence-corrected chi connectivity index (χ3v) is 9.42. The van der Waals surface area contributed by atoms with Crippen LogP contribution in [-0.4, -0.2) is 54.4 Å². The zero-order valence-corrected chi connectivity index (χ0v) is 22.9. The fourth-order valence-corrected chi connectivity index (χ4v) is 6.73. The molecule has 38 heavy (non-hydrogen) atoms. The summed E-state index contributed by atoms with van der Waals surface area (Å²) in [6.45, 7) is 2.72. The first-order chi connectivity index (χ1) is 18.0. The van der Waals surface area contributed by atoms with Crippen LogP contribution in [0.2, 0.25) is 0 Å². The molecule has 0 unspecified atom stereocenters. The highest BCUT2D eigenvalue weighted by molar-refractivity contribution is 7.92. The molecule has 0 saturated carbocycles. The molecule has 10 nitrogen and oxygen atoms in total. The molecule has 1 saturated heterocycles. The third kappa shape index (κ3) is 5.77. The zero-order valence-electron chi connectivity index (χ0n) is 21.2. The molecule has 3 aromatic rings. The van der Waals surface area contributed by atoms with Crippen LogP contribution in [0.15, 0.2) is 70.5 Å². The smallest absolute Gasteiger partial charge is 0.262 e. The first-order valence-electron chi connectivity index (χ1n) is 11.8. The molecule has 2 N–H and O–H groups in total. The Morgan fingerprint density at radius 2 is 1.42 bits per heavy atom. The monoisotopic (exact) mass is 559 g/mol. The lowest BCUT2D eigenvalue weighted by atomic mass is 10.2. The molecule has 202 valence electrons. The molecule has 0 spiro atoms. The topological polar surface area (TPSA) is 131 Å². The molecule has 1 heterocycles. The van der Waals surface area contributed by atoms with Gasteiger partial charge in [0, 0.05) is 18.8 Å². The third-order valence-electron chi connectivity index (χ3n) is 6.14. The van der Waals surface area contributed by atoms with E-state index in [9.17, 15) is 21.6 Å². The number of benzene rings is 3. The van der Waals surface area contributed by atoms with Gasteiger partial charge in [-0.3, -0.25) is 9.52 Å². The van der Waals surface area contributed by atoms with E-state index in [2.05, 4.69) is 10.0 Å². The Bertz CT molecular complexity index is 1550. The van der Waals surface area contributed by atoms with Gasteiger partial charge in [0.2, 0.25) is 10.0 Å². The number of carbonyl (C=O) groups excluding carboxylic acids is 1. The minimum atomic E-state index is -3.93. The number of ether oxygens (including phenoxy) is 2. The summed E-state index contributed by atoms with van der Waals surface area (Å²) in [6, 6.07) is 14.9. The van der Waals surface area contributed by atoms with Crippen LogP contribution in [0.5, 0.6) is 11.5 Å². The fourth-order valence-electron chi connectivity index (χ4n) is 4.12. The van der Waals surface area contributed by atoms with Gasteiger partial charge in [0.1, 0.15) is 11.5 Å². The van der Waals surface area contributed by atoms with Crippen molar-refractivity contribution in [3.8, 4) is 11.5 Å². The van der Waals surface area contributed by atoms with Crippen LogP contribution >= 0.6 is 0 Å². The SMILES string of the molecule is COc1ccc(C)cc1NS(=O)(=O)c1ccc(NC(=O)c2cc(S(=O)(=O)N3CCCC3)ccc2OC)cc1. The van der Waals surface area contributed by atoms with Gasteiger partial charge in [0.15, 0.2) is 0 Å². The van der Waals surface area contributed by atoms with Crippen LogP contribution in [0, 0.1) is 6.92 Å². The molecular weight excluding hydrogens is 530 g/mol. The molecule has 0 atom stereocenters. The van der Waals surface area contributed by atoms with Crippen LogP contribution in [0.4, 0.5) is 11.4 Å². The minimum Gasteiger partial charge on any atom is -0.496 e. The van der Waals surface area contributed by atoms with Crippen LogP contribution in [0.1, 0.15) is 28.8 Å². The number of hydrogen-bond donors (Lipinski definition) is 2. The van der Waals surface area contributed by atoms with Crippen molar-refractivity contribution in [2.75, 3.05) is 37.3 Å². The van der Waals surface area contributed by atoms with E-state index in [1.807, 2.05) is 6.92 Å². The van der Waals surface area contributed by atoms with Crippen LogP contribution in [-0.2, 0) is 20.0 Å². The molecule has 0 bridgehead atoms. The van der Waals surface area contributed by atoms with Crippen molar-refractivity contribution >= 4 is 37.3 Å². The van der Waals surface area contributed by atoms with E-state index >= 15 is 0 Å². The fraction of sp³-hybridized carbons (Fsp3) is 0.269. The molecule has 0 aliphatic carbocycles. The molecule has 0 radical (unpaired) electrons. The van der Waals surface area contributed by atoms with Crippen molar-refractivity contribution < 1.29 is 31.1 Å². The Hall–Kier alpha value is -3.61. The number of amides is 1. The average Bonchev–Trinajstić information content (AvgIpc) is 3.45. The van der Waals surface area contributed by atoms with E-state index < -0.39 is 26.0 Å². The maximum Gasteiger partial charge on any atom is 0.262 e. The Balaban J connectivity index is 1.54. The number of methoxy groups -OCH3 is 2. The molecule has 1 fully saturated rings. The van der Waals surface area contributed by atoms with Gasteiger partial charge in [0.05, 0.1) is 35.3 Å². The second-order valence-corrected chi connectivity index (χ2v) is 12.4. The van der Waals surface area contributed by atoms with Gasteiger partial charge in [0.25, 0.3) is 15.9 Å². The average molecular weight is 560 g/mol. The molecule has 0 aromatic heterocycles. The maximum absolute atomic E-state index is 13.1. The van der Waals surface area contributed by atoms with Crippen molar-refractivity contribution in [1.29, 1.82) is 0 Å². The summed E-state index contributed by atoms with van der Waals surface area (Å²) < 4.78 is 66.2. The predicted octanol–water partition coefficient (Wildman–Crippen LogP) is 3.85. The van der Waals surface area contributed by atoms with E-state index in [1.165, 1.54) is 61.0 Å². The van der Waals surface area contributed by atoms with Gasteiger partial charge in [-0.2, -0.15) is 4.31 Å². The Morgan fingerprint density at radius 3 is 2.05 bits per heavy atom. The van der Waals surface area contributed by atoms with Gasteiger partial charge in [-0.1, -0.05) is 6.07 Å². The quantitative estimate of drug-likeness (QED) is 0.407. The predicted molar refractivity (Wildman–Crippen MR) is 144 cm³/mol. The number of hydrogen-bond acceptors (Lipinski definition) is 7. The van der Waals surface area contributed by atoms with Gasteiger partial charge in [-0.05, 0) is 79.9 Å². The lowest BCUT2D eigenvalue weighted by Gasteiger charge is -2.17. The van der Waals surface area contributed by atoms with Crippen molar-refractivity contribution in [3.05, 3.63) is 71.8 Å². The number of nitrogens with one attached hydrogen (secondary N) is 2. The van der Waals surface area contributed by atoms with Crippen molar-refractivity contribution in [2.45, 2.75) is 29.6 Å². The number of rotatable bonds is 9. The maximum atomic E-state index is 13.1. The summed E-state index contributed by atoms with van der Waals surface area (Å²) in [6.07, 6.45) is 1.59. The Kier molecular flexibility index (Phi) is 7.95. The molecule has 12 heteroatoms. The van der Waals surface area contributed by atoms with Gasteiger partial charge < -0.3 is 14.8 Å². The number of nitrogens with zero attached hydrogens (tertiary/aromatic N) is 1. The molecular formula is C26H29N3O7S2. The van der Waals surface area contributed by atoms with E-state index in [-0.39, 0.29) is 21.1 Å². The van der Waals surface area contributed by atoms with Crippen molar-refractivity contribution in [2.24, 2.45) is 0 Å². The van der Waals surface area contributed by atoms with Crippen molar-refractivity contribution in [1.82, 2.24) is 4.31 Å². The number of anilines is 2. The van der Waals surface area contributed by atoms with Crippen LogP contribution in [0.3, 0.4) is 0 Å². The first-order valence-corrected chi connectivity index (χ1v) is 14.7. The first kappa shape index (κ1) is 27.4. The van der Waals surface area contributed by atoms with E-state index in [4.69, 9.17) is 9.47 Å². The van der Waals surface area contributed by atoms with E-state index in [0.29, 0.717) is 30.2 Å². The molecule has 3 aromatic carbocycles. The van der Waals surface area contributed by atoms with Gasteiger partial charge in [-0.15, -0.1) is 0 Å². The number of sulfonamides is 2. The Morgan fingerprint density at radius 1 is 0.816 bits per heavy atom. The largest absolute Gasteiger partial charge is 0.496 e. The summed E-state index contributed by atoms with van der Waals surface area (Å²) in [4.78, 5) is 13.1. The molecule has 1 aliphatic heterocycles. The molecule has 1 aliphatic rings. The van der Waals surface area contributed by atoms with Gasteiger partial charge in [-0.25, -0.2) is 16.8 Å². The van der Waals surface area contributed by atoms with Crippen LogP contribution in [0.25, 0.3) is 0 Å². The lowest BCUT2D eigenvalue weighted by Crippen LogP contribution is -2.28. The summed E-state index contributed by atoms with van der Waals surface area (Å²) in [5, 5.41) is 2.67. The highest BCUT2D eigenvalue weighted by atomic mass is 32.2. The molecule has 1 amide bonds. The summed E-state index contributed by atoms with van der Waals surface area (Å²) in [5.74, 6) is -0.0112. The highest BCUT2D eigenvalue weighted by Gasteiger charge is 2.28. The number of aryl methyl sites for hydroxylation is 1. The summed E-state index contributed by atoms with van der Waals surface area (Å²) in [5.41, 5.74) is 1.52. The van der Waals surface area contributed by atoms with E-state index in [1.54, 1.807) is 18.2 Å².